The zero-order chi connectivity index (χ0) is 19.3. The van der Waals surface area contributed by atoms with E-state index < -0.39 is 41.1 Å². The average Bonchev–Trinajstić information content (AvgIpc) is 2.62. The molecule has 1 aromatic heterocycles. The third-order valence-corrected chi connectivity index (χ3v) is 3.89. The maximum absolute atomic E-state index is 11.9. The van der Waals surface area contributed by atoms with E-state index in [1.165, 1.54) is 0 Å². The molecule has 1 atom stereocenters. The Morgan fingerprint density at radius 2 is 1.85 bits per heavy atom. The average molecular weight is 360 g/mol. The van der Waals surface area contributed by atoms with Crippen molar-refractivity contribution in [2.75, 3.05) is 17.7 Å². The lowest BCUT2D eigenvalue weighted by Crippen LogP contribution is -2.30. The number of carbonyl (C=O) groups excluding carboxylic acids is 2. The van der Waals surface area contributed by atoms with Crippen LogP contribution in [-0.4, -0.2) is 28.5 Å². The number of amides is 1. The van der Waals surface area contributed by atoms with Crippen LogP contribution < -0.4 is 22.3 Å². The standard InChI is InChI=1S/C17H20N4O5/c1-3-9(2)10-4-6-11(7-5-10)19-12(22)8-26-16(24)14-13(18)15(23)21-17(25)20-14/h4-7,9H,3,8,18H2,1-2H3,(H,19,22)(H2,20,21,23,25). The minimum Gasteiger partial charge on any atom is -0.451 e. The Balaban J connectivity index is 1.95. The number of rotatable bonds is 6. The van der Waals surface area contributed by atoms with Crippen LogP contribution in [0, 0.1) is 0 Å². The molecule has 26 heavy (non-hydrogen) atoms. The number of nitrogens with one attached hydrogen (secondary N) is 3. The van der Waals surface area contributed by atoms with E-state index in [2.05, 4.69) is 24.1 Å². The van der Waals surface area contributed by atoms with Gasteiger partial charge in [-0.3, -0.25) is 19.6 Å². The largest absolute Gasteiger partial charge is 0.451 e. The molecule has 1 unspecified atom stereocenters. The first-order valence-corrected chi connectivity index (χ1v) is 8.00. The van der Waals surface area contributed by atoms with Crippen LogP contribution in [0.25, 0.3) is 0 Å². The molecular weight excluding hydrogens is 340 g/mol. The minimum atomic E-state index is -1.08. The molecule has 0 radical (unpaired) electrons. The monoisotopic (exact) mass is 360 g/mol. The molecule has 0 aliphatic rings. The molecule has 2 rings (SSSR count). The van der Waals surface area contributed by atoms with Crippen LogP contribution in [0.5, 0.6) is 0 Å². The molecule has 0 fully saturated rings. The van der Waals surface area contributed by atoms with Crippen molar-refractivity contribution in [3.05, 3.63) is 56.4 Å². The molecule has 1 heterocycles. The fraction of sp³-hybridized carbons (Fsp3) is 0.294. The highest BCUT2D eigenvalue weighted by Gasteiger charge is 2.17. The summed E-state index contributed by atoms with van der Waals surface area (Å²) in [5.74, 6) is -1.23. The fourth-order valence-corrected chi connectivity index (χ4v) is 2.19. The summed E-state index contributed by atoms with van der Waals surface area (Å²) >= 11 is 0. The minimum absolute atomic E-state index is 0.419. The third kappa shape index (κ3) is 4.59. The highest BCUT2D eigenvalue weighted by Crippen LogP contribution is 2.20. The highest BCUT2D eigenvalue weighted by atomic mass is 16.5. The van der Waals surface area contributed by atoms with Gasteiger partial charge in [0, 0.05) is 5.69 Å². The first-order valence-electron chi connectivity index (χ1n) is 8.00. The number of hydrogen-bond donors (Lipinski definition) is 4. The number of hydrogen-bond acceptors (Lipinski definition) is 6. The predicted octanol–water partition coefficient (Wildman–Crippen LogP) is 0.954. The predicted molar refractivity (Wildman–Crippen MR) is 96.2 cm³/mol. The Morgan fingerprint density at radius 1 is 1.19 bits per heavy atom. The summed E-state index contributed by atoms with van der Waals surface area (Å²) in [4.78, 5) is 50.2. The van der Waals surface area contributed by atoms with Crippen LogP contribution in [-0.2, 0) is 9.53 Å². The second-order valence-corrected chi connectivity index (χ2v) is 5.75. The summed E-state index contributed by atoms with van der Waals surface area (Å²) in [6.45, 7) is 3.60. The fourth-order valence-electron chi connectivity index (χ4n) is 2.19. The van der Waals surface area contributed by atoms with E-state index in [4.69, 9.17) is 10.5 Å². The topological polar surface area (TPSA) is 147 Å². The highest BCUT2D eigenvalue weighted by molar-refractivity contribution is 5.96. The van der Waals surface area contributed by atoms with Gasteiger partial charge < -0.3 is 15.8 Å². The summed E-state index contributed by atoms with van der Waals surface area (Å²) in [5, 5.41) is 2.58. The van der Waals surface area contributed by atoms with Crippen molar-refractivity contribution >= 4 is 23.3 Å². The molecule has 0 spiro atoms. The number of nitrogens with two attached hydrogens (primary N) is 1. The lowest BCUT2D eigenvalue weighted by atomic mass is 9.99. The van der Waals surface area contributed by atoms with E-state index in [0.717, 1.165) is 12.0 Å². The number of ether oxygens (including phenoxy) is 1. The Labute approximate surface area is 148 Å². The molecule has 2 aromatic rings. The second kappa shape index (κ2) is 8.15. The molecule has 0 bridgehead atoms. The van der Waals surface area contributed by atoms with Crippen molar-refractivity contribution < 1.29 is 14.3 Å². The number of anilines is 2. The molecule has 0 aliphatic carbocycles. The number of carbonyl (C=O) groups is 2. The van der Waals surface area contributed by atoms with Crippen LogP contribution in [0.1, 0.15) is 42.2 Å². The van der Waals surface area contributed by atoms with Gasteiger partial charge in [-0.1, -0.05) is 26.0 Å². The molecule has 0 saturated carbocycles. The quantitative estimate of drug-likeness (QED) is 0.564. The number of benzene rings is 1. The van der Waals surface area contributed by atoms with Gasteiger partial charge in [-0.2, -0.15) is 0 Å². The Hall–Kier alpha value is -3.36. The molecule has 0 saturated heterocycles. The van der Waals surface area contributed by atoms with Gasteiger partial charge in [0.25, 0.3) is 11.5 Å². The van der Waals surface area contributed by atoms with Gasteiger partial charge in [0.1, 0.15) is 5.69 Å². The SMILES string of the molecule is CCC(C)c1ccc(NC(=O)COC(=O)c2[nH]c(=O)[nH]c(=O)c2N)cc1. The van der Waals surface area contributed by atoms with Crippen LogP contribution in [0.4, 0.5) is 11.4 Å². The number of H-pyrrole nitrogens is 2. The van der Waals surface area contributed by atoms with Crippen molar-refractivity contribution in [2.45, 2.75) is 26.2 Å². The summed E-state index contributed by atoms with van der Waals surface area (Å²) in [6, 6.07) is 7.34. The summed E-state index contributed by atoms with van der Waals surface area (Å²) in [6.07, 6.45) is 1.01. The smallest absolute Gasteiger partial charge is 0.357 e. The van der Waals surface area contributed by atoms with E-state index in [1.54, 1.807) is 12.1 Å². The van der Waals surface area contributed by atoms with Crippen molar-refractivity contribution in [2.24, 2.45) is 0 Å². The van der Waals surface area contributed by atoms with Gasteiger partial charge in [-0.05, 0) is 30.0 Å². The van der Waals surface area contributed by atoms with E-state index in [0.29, 0.717) is 11.6 Å². The van der Waals surface area contributed by atoms with Crippen LogP contribution >= 0.6 is 0 Å². The Kier molecular flexibility index (Phi) is 5.94. The summed E-state index contributed by atoms with van der Waals surface area (Å²) < 4.78 is 4.78. The van der Waals surface area contributed by atoms with Crippen molar-refractivity contribution in [1.29, 1.82) is 0 Å². The van der Waals surface area contributed by atoms with Crippen LogP contribution in [0.2, 0.25) is 0 Å². The van der Waals surface area contributed by atoms with Gasteiger partial charge in [-0.15, -0.1) is 0 Å². The number of esters is 1. The molecule has 138 valence electrons. The van der Waals surface area contributed by atoms with E-state index in [1.807, 2.05) is 17.1 Å². The van der Waals surface area contributed by atoms with Gasteiger partial charge in [0.05, 0.1) is 0 Å². The molecular formula is C17H20N4O5. The molecule has 9 heteroatoms. The first kappa shape index (κ1) is 19.0. The van der Waals surface area contributed by atoms with Crippen molar-refractivity contribution in [3.63, 3.8) is 0 Å². The maximum Gasteiger partial charge on any atom is 0.357 e. The lowest BCUT2D eigenvalue weighted by molar-refractivity contribution is -0.119. The number of aromatic amines is 2. The van der Waals surface area contributed by atoms with Crippen molar-refractivity contribution in [1.82, 2.24) is 9.97 Å². The van der Waals surface area contributed by atoms with E-state index >= 15 is 0 Å². The molecule has 1 aromatic carbocycles. The van der Waals surface area contributed by atoms with Gasteiger partial charge >= 0.3 is 11.7 Å². The number of aromatic nitrogens is 2. The van der Waals surface area contributed by atoms with Gasteiger partial charge in [0.15, 0.2) is 12.3 Å². The normalized spacial score (nSPS) is 11.6. The van der Waals surface area contributed by atoms with Gasteiger partial charge in [0.2, 0.25) is 0 Å². The van der Waals surface area contributed by atoms with E-state index in [-0.39, 0.29) is 0 Å². The molecule has 0 aliphatic heterocycles. The zero-order valence-electron chi connectivity index (χ0n) is 14.4. The zero-order valence-corrected chi connectivity index (χ0v) is 14.4. The third-order valence-electron chi connectivity index (χ3n) is 3.89. The van der Waals surface area contributed by atoms with Gasteiger partial charge in [-0.25, -0.2) is 9.59 Å². The molecule has 1 amide bonds. The second-order valence-electron chi connectivity index (χ2n) is 5.75. The first-order chi connectivity index (χ1) is 12.3. The molecule has 9 nitrogen and oxygen atoms in total. The van der Waals surface area contributed by atoms with E-state index in [9.17, 15) is 19.2 Å². The van der Waals surface area contributed by atoms with Crippen LogP contribution in [0.3, 0.4) is 0 Å². The Morgan fingerprint density at radius 3 is 2.46 bits per heavy atom. The summed E-state index contributed by atoms with van der Waals surface area (Å²) in [5.41, 5.74) is 4.34. The Bertz CT molecular complexity index is 914. The molecule has 5 N–H and O–H groups in total. The van der Waals surface area contributed by atoms with Crippen LogP contribution in [0.15, 0.2) is 33.9 Å². The maximum atomic E-state index is 11.9. The van der Waals surface area contributed by atoms with Crippen molar-refractivity contribution in [3.8, 4) is 0 Å². The summed E-state index contributed by atoms with van der Waals surface area (Å²) in [7, 11) is 0. The number of nitrogen functional groups attached to an aromatic ring is 1. The lowest BCUT2D eigenvalue weighted by Gasteiger charge is -2.11.